The normalized spacial score (nSPS) is 11.6. The molecule has 4 aromatic rings. The third-order valence-electron chi connectivity index (χ3n) is 4.68. The molecule has 142 valence electrons. The molecule has 5 nitrogen and oxygen atoms in total. The lowest BCUT2D eigenvalue weighted by atomic mass is 10.1. The van der Waals surface area contributed by atoms with Gasteiger partial charge in [-0.2, -0.15) is 5.26 Å². The van der Waals surface area contributed by atoms with E-state index in [1.807, 2.05) is 54.6 Å². The number of fused-ring (bicyclic) bond motifs is 1. The summed E-state index contributed by atoms with van der Waals surface area (Å²) in [6.07, 6.45) is 0. The fourth-order valence-corrected chi connectivity index (χ4v) is 3.10. The first-order chi connectivity index (χ1) is 14.1. The maximum atomic E-state index is 12.5. The Bertz CT molecular complexity index is 1170. The molecule has 0 unspecified atom stereocenters. The zero-order chi connectivity index (χ0) is 20.2. The number of hydrogen-bond acceptors (Lipinski definition) is 4. The van der Waals surface area contributed by atoms with Gasteiger partial charge in [0.15, 0.2) is 0 Å². The van der Waals surface area contributed by atoms with E-state index in [1.165, 1.54) is 0 Å². The van der Waals surface area contributed by atoms with E-state index in [1.54, 1.807) is 31.2 Å². The SMILES string of the molecule is C[C@@H](Nc1ccc(-c2cc3ccccc3o2)cc1)C(=O)Nc1ccccc1C#N. The molecule has 1 heterocycles. The summed E-state index contributed by atoms with van der Waals surface area (Å²) in [7, 11) is 0. The molecule has 3 aromatic carbocycles. The minimum atomic E-state index is -0.473. The van der Waals surface area contributed by atoms with E-state index < -0.39 is 6.04 Å². The number of nitrogens with one attached hydrogen (secondary N) is 2. The molecule has 0 fully saturated rings. The lowest BCUT2D eigenvalue weighted by Crippen LogP contribution is -2.32. The molecule has 0 saturated carbocycles. The Labute approximate surface area is 168 Å². The van der Waals surface area contributed by atoms with Crippen LogP contribution in [-0.2, 0) is 4.79 Å². The van der Waals surface area contributed by atoms with Gasteiger partial charge in [0.25, 0.3) is 0 Å². The van der Waals surface area contributed by atoms with Crippen LogP contribution >= 0.6 is 0 Å². The molecule has 1 atom stereocenters. The summed E-state index contributed by atoms with van der Waals surface area (Å²) in [6, 6.07) is 26.2. The number of furan rings is 1. The minimum absolute atomic E-state index is 0.214. The van der Waals surface area contributed by atoms with Crippen LogP contribution in [0.3, 0.4) is 0 Å². The Balaban J connectivity index is 1.44. The number of hydrogen-bond donors (Lipinski definition) is 2. The van der Waals surface area contributed by atoms with Crippen LogP contribution in [0, 0.1) is 11.3 Å². The topological polar surface area (TPSA) is 78.1 Å². The smallest absolute Gasteiger partial charge is 0.246 e. The van der Waals surface area contributed by atoms with E-state index in [0.29, 0.717) is 11.3 Å². The van der Waals surface area contributed by atoms with Gasteiger partial charge >= 0.3 is 0 Å². The molecule has 1 amide bonds. The number of nitriles is 1. The molecule has 2 N–H and O–H groups in total. The number of rotatable bonds is 5. The molecule has 0 bridgehead atoms. The molecular formula is C24H19N3O2. The number of amides is 1. The van der Waals surface area contributed by atoms with E-state index in [4.69, 9.17) is 9.68 Å². The Hall–Kier alpha value is -4.04. The number of benzene rings is 3. The summed E-state index contributed by atoms with van der Waals surface area (Å²) in [5, 5.41) is 16.2. The Kier molecular flexibility index (Phi) is 5.00. The molecule has 0 aliphatic carbocycles. The van der Waals surface area contributed by atoms with E-state index in [2.05, 4.69) is 16.7 Å². The molecule has 0 saturated heterocycles. The van der Waals surface area contributed by atoms with Crippen LogP contribution in [0.5, 0.6) is 0 Å². The number of nitrogens with zero attached hydrogens (tertiary/aromatic N) is 1. The molecule has 0 spiro atoms. The van der Waals surface area contributed by atoms with Gasteiger partial charge in [0.05, 0.1) is 11.3 Å². The first kappa shape index (κ1) is 18.3. The molecule has 4 rings (SSSR count). The predicted molar refractivity (Wildman–Crippen MR) is 115 cm³/mol. The average Bonchev–Trinajstić information content (AvgIpc) is 3.19. The van der Waals surface area contributed by atoms with E-state index in [0.717, 1.165) is 28.0 Å². The van der Waals surface area contributed by atoms with Gasteiger partial charge in [-0.05, 0) is 55.5 Å². The number of para-hydroxylation sites is 2. The van der Waals surface area contributed by atoms with E-state index in [9.17, 15) is 4.79 Å². The predicted octanol–water partition coefficient (Wildman–Crippen LogP) is 5.41. The largest absolute Gasteiger partial charge is 0.456 e. The van der Waals surface area contributed by atoms with Crippen molar-refractivity contribution in [2.75, 3.05) is 10.6 Å². The van der Waals surface area contributed by atoms with Gasteiger partial charge in [-0.25, -0.2) is 0 Å². The summed E-state index contributed by atoms with van der Waals surface area (Å²) in [4.78, 5) is 12.5. The molecular weight excluding hydrogens is 362 g/mol. The Morgan fingerprint density at radius 3 is 2.48 bits per heavy atom. The summed E-state index contributed by atoms with van der Waals surface area (Å²) in [6.45, 7) is 1.78. The highest BCUT2D eigenvalue weighted by Crippen LogP contribution is 2.28. The lowest BCUT2D eigenvalue weighted by Gasteiger charge is -2.16. The molecule has 0 aliphatic heterocycles. The number of anilines is 2. The van der Waals surface area contributed by atoms with Crippen LogP contribution in [0.2, 0.25) is 0 Å². The summed E-state index contributed by atoms with van der Waals surface area (Å²) in [5.41, 5.74) is 3.58. The second-order valence-corrected chi connectivity index (χ2v) is 6.74. The van der Waals surface area contributed by atoms with Crippen LogP contribution < -0.4 is 10.6 Å². The van der Waals surface area contributed by atoms with Crippen molar-refractivity contribution >= 4 is 28.3 Å². The second-order valence-electron chi connectivity index (χ2n) is 6.74. The van der Waals surface area contributed by atoms with Crippen molar-refractivity contribution in [2.24, 2.45) is 0 Å². The third-order valence-corrected chi connectivity index (χ3v) is 4.68. The van der Waals surface area contributed by atoms with Gasteiger partial charge in [0, 0.05) is 16.6 Å². The summed E-state index contributed by atoms with van der Waals surface area (Å²) < 4.78 is 5.89. The van der Waals surface area contributed by atoms with Gasteiger partial charge in [-0.1, -0.05) is 30.3 Å². The lowest BCUT2D eigenvalue weighted by molar-refractivity contribution is -0.116. The van der Waals surface area contributed by atoms with Crippen LogP contribution in [0.25, 0.3) is 22.3 Å². The van der Waals surface area contributed by atoms with Gasteiger partial charge < -0.3 is 15.1 Å². The maximum absolute atomic E-state index is 12.5. The van der Waals surface area contributed by atoms with Crippen molar-refractivity contribution in [3.63, 3.8) is 0 Å². The van der Waals surface area contributed by atoms with Crippen LogP contribution in [0.1, 0.15) is 12.5 Å². The monoisotopic (exact) mass is 381 g/mol. The number of carbonyl (C=O) groups excluding carboxylic acids is 1. The highest BCUT2D eigenvalue weighted by Gasteiger charge is 2.14. The van der Waals surface area contributed by atoms with E-state index in [-0.39, 0.29) is 5.91 Å². The van der Waals surface area contributed by atoms with Crippen molar-refractivity contribution in [1.29, 1.82) is 5.26 Å². The van der Waals surface area contributed by atoms with E-state index >= 15 is 0 Å². The Morgan fingerprint density at radius 1 is 1.00 bits per heavy atom. The first-order valence-electron chi connectivity index (χ1n) is 9.29. The zero-order valence-electron chi connectivity index (χ0n) is 15.8. The average molecular weight is 381 g/mol. The van der Waals surface area contributed by atoms with Crippen molar-refractivity contribution in [3.05, 3.63) is 84.4 Å². The Morgan fingerprint density at radius 2 is 1.72 bits per heavy atom. The fraction of sp³-hybridized carbons (Fsp3) is 0.0833. The third kappa shape index (κ3) is 3.97. The van der Waals surface area contributed by atoms with Crippen LogP contribution in [0.15, 0.2) is 83.3 Å². The molecule has 5 heteroatoms. The number of carbonyl (C=O) groups is 1. The summed E-state index contributed by atoms with van der Waals surface area (Å²) >= 11 is 0. The van der Waals surface area contributed by atoms with Crippen molar-refractivity contribution < 1.29 is 9.21 Å². The van der Waals surface area contributed by atoms with Crippen LogP contribution in [-0.4, -0.2) is 11.9 Å². The van der Waals surface area contributed by atoms with Crippen molar-refractivity contribution in [2.45, 2.75) is 13.0 Å². The van der Waals surface area contributed by atoms with Gasteiger partial charge in [0.1, 0.15) is 23.5 Å². The van der Waals surface area contributed by atoms with Gasteiger partial charge in [0.2, 0.25) is 5.91 Å². The van der Waals surface area contributed by atoms with Gasteiger partial charge in [-0.3, -0.25) is 4.79 Å². The maximum Gasteiger partial charge on any atom is 0.246 e. The van der Waals surface area contributed by atoms with Gasteiger partial charge in [-0.15, -0.1) is 0 Å². The molecule has 1 aromatic heterocycles. The fourth-order valence-electron chi connectivity index (χ4n) is 3.10. The first-order valence-corrected chi connectivity index (χ1v) is 9.29. The second kappa shape index (κ2) is 7.91. The molecule has 0 aliphatic rings. The quantitative estimate of drug-likeness (QED) is 0.484. The standard InChI is InChI=1S/C24H19N3O2/c1-16(24(28)27-21-8-4-2-7-19(21)15-25)26-20-12-10-17(11-13-20)23-14-18-6-3-5-9-22(18)29-23/h2-14,16,26H,1H3,(H,27,28)/t16-/m1/s1. The highest BCUT2D eigenvalue weighted by molar-refractivity contribution is 5.97. The van der Waals surface area contributed by atoms with Crippen molar-refractivity contribution in [3.8, 4) is 17.4 Å². The van der Waals surface area contributed by atoms with Crippen LogP contribution in [0.4, 0.5) is 11.4 Å². The minimum Gasteiger partial charge on any atom is -0.456 e. The summed E-state index contributed by atoms with van der Waals surface area (Å²) in [5.74, 6) is 0.589. The molecule has 0 radical (unpaired) electrons. The molecule has 29 heavy (non-hydrogen) atoms. The zero-order valence-corrected chi connectivity index (χ0v) is 15.8. The van der Waals surface area contributed by atoms with Crippen molar-refractivity contribution in [1.82, 2.24) is 0 Å². The highest BCUT2D eigenvalue weighted by atomic mass is 16.3.